The van der Waals surface area contributed by atoms with Crippen molar-refractivity contribution in [2.75, 3.05) is 13.2 Å². The molecule has 1 aliphatic heterocycles. The van der Waals surface area contributed by atoms with Crippen molar-refractivity contribution in [3.05, 3.63) is 11.8 Å². The smallest absolute Gasteiger partial charge is 0.116 e. The number of rotatable bonds is 4. The minimum atomic E-state index is 0.0337. The van der Waals surface area contributed by atoms with Gasteiger partial charge in [0.05, 0.1) is 12.9 Å². The van der Waals surface area contributed by atoms with E-state index in [4.69, 9.17) is 9.47 Å². The summed E-state index contributed by atoms with van der Waals surface area (Å²) in [5.74, 6) is 0. The molecule has 1 atom stereocenters. The molecule has 1 unspecified atom stereocenters. The van der Waals surface area contributed by atoms with Crippen LogP contribution >= 0.6 is 0 Å². The Kier molecular flexibility index (Phi) is 3.15. The van der Waals surface area contributed by atoms with Crippen LogP contribution in [0.1, 0.15) is 33.6 Å². The molecule has 1 rings (SSSR count). The predicted octanol–water partition coefficient (Wildman–Crippen LogP) is 2.50. The van der Waals surface area contributed by atoms with E-state index in [9.17, 15) is 0 Å². The van der Waals surface area contributed by atoms with Crippen LogP contribution in [0.25, 0.3) is 0 Å². The highest BCUT2D eigenvalue weighted by molar-refractivity contribution is 4.90. The minimum Gasteiger partial charge on any atom is -0.498 e. The Hall–Kier alpha value is -0.500. The van der Waals surface area contributed by atoms with Gasteiger partial charge in [0.1, 0.15) is 12.2 Å². The summed E-state index contributed by atoms with van der Waals surface area (Å²) in [4.78, 5) is 0. The number of allylic oxidation sites excluding steroid dienone is 1. The second kappa shape index (κ2) is 3.94. The molecule has 0 aliphatic carbocycles. The molecule has 0 saturated carbocycles. The molecule has 0 N–H and O–H groups in total. The summed E-state index contributed by atoms with van der Waals surface area (Å²) >= 11 is 0. The molecule has 0 amide bonds. The van der Waals surface area contributed by atoms with E-state index in [0.717, 1.165) is 19.4 Å². The van der Waals surface area contributed by atoms with Gasteiger partial charge in [-0.1, -0.05) is 6.92 Å². The van der Waals surface area contributed by atoms with E-state index >= 15 is 0 Å². The summed E-state index contributed by atoms with van der Waals surface area (Å²) in [5, 5.41) is 0. The summed E-state index contributed by atoms with van der Waals surface area (Å²) in [6, 6.07) is 0. The Bertz CT molecular complexity index is 159. The molecular weight excluding hydrogens is 152 g/mol. The summed E-state index contributed by atoms with van der Waals surface area (Å²) in [6.07, 6.45) is 3.99. The molecule has 0 aromatic carbocycles. The zero-order valence-corrected chi connectivity index (χ0v) is 8.22. The molecule has 0 radical (unpaired) electrons. The molecule has 2 heteroatoms. The second-order valence-corrected chi connectivity index (χ2v) is 3.64. The van der Waals surface area contributed by atoms with Crippen LogP contribution < -0.4 is 0 Å². The molecule has 1 aliphatic rings. The maximum atomic E-state index is 5.50. The lowest BCUT2D eigenvalue weighted by atomic mass is 9.93. The highest BCUT2D eigenvalue weighted by Crippen LogP contribution is 2.30. The average molecular weight is 170 g/mol. The number of ether oxygens (including phenoxy) is 2. The summed E-state index contributed by atoms with van der Waals surface area (Å²) < 4.78 is 10.9. The minimum absolute atomic E-state index is 0.0337. The predicted molar refractivity (Wildman–Crippen MR) is 49.0 cm³/mol. The Labute approximate surface area is 74.6 Å². The van der Waals surface area contributed by atoms with Gasteiger partial charge in [0.15, 0.2) is 0 Å². The molecule has 0 aromatic rings. The first-order valence-electron chi connectivity index (χ1n) is 4.57. The third-order valence-corrected chi connectivity index (χ3v) is 2.28. The standard InChI is InChI=1S/C10H18O2/c1-4-10(5-6-12-10)8-11-7-9(2)3/h7H,4-6,8H2,1-3H3. The van der Waals surface area contributed by atoms with Crippen LogP contribution in [0.3, 0.4) is 0 Å². The maximum absolute atomic E-state index is 5.50. The van der Waals surface area contributed by atoms with E-state index in [-0.39, 0.29) is 5.60 Å². The maximum Gasteiger partial charge on any atom is 0.116 e. The van der Waals surface area contributed by atoms with Gasteiger partial charge in [-0.2, -0.15) is 0 Å². The van der Waals surface area contributed by atoms with Crippen LogP contribution in [0.4, 0.5) is 0 Å². The first-order valence-corrected chi connectivity index (χ1v) is 4.57. The zero-order chi connectivity index (χ0) is 9.03. The van der Waals surface area contributed by atoms with Crippen LogP contribution in [-0.2, 0) is 9.47 Å². The van der Waals surface area contributed by atoms with Crippen molar-refractivity contribution in [2.45, 2.75) is 39.2 Å². The fourth-order valence-corrected chi connectivity index (χ4v) is 1.25. The lowest BCUT2D eigenvalue weighted by Gasteiger charge is -2.40. The molecule has 0 spiro atoms. The van der Waals surface area contributed by atoms with Crippen molar-refractivity contribution in [3.8, 4) is 0 Å². The van der Waals surface area contributed by atoms with E-state index in [1.807, 2.05) is 13.8 Å². The third kappa shape index (κ3) is 2.24. The van der Waals surface area contributed by atoms with Crippen molar-refractivity contribution in [1.82, 2.24) is 0 Å². The molecule has 1 fully saturated rings. The Morgan fingerprint density at radius 2 is 2.25 bits per heavy atom. The number of hydrogen-bond donors (Lipinski definition) is 0. The molecule has 70 valence electrons. The SMILES string of the molecule is CCC1(COC=C(C)C)CCO1. The van der Waals surface area contributed by atoms with Gasteiger partial charge < -0.3 is 9.47 Å². The first kappa shape index (κ1) is 9.59. The van der Waals surface area contributed by atoms with Crippen molar-refractivity contribution in [3.63, 3.8) is 0 Å². The van der Waals surface area contributed by atoms with Gasteiger partial charge in [0.2, 0.25) is 0 Å². The third-order valence-electron chi connectivity index (χ3n) is 2.28. The fourth-order valence-electron chi connectivity index (χ4n) is 1.25. The van der Waals surface area contributed by atoms with Gasteiger partial charge in [0, 0.05) is 6.42 Å². The molecule has 2 nitrogen and oxygen atoms in total. The van der Waals surface area contributed by atoms with Crippen LogP contribution in [0.5, 0.6) is 0 Å². The Balaban J connectivity index is 2.25. The van der Waals surface area contributed by atoms with Gasteiger partial charge in [-0.15, -0.1) is 0 Å². The monoisotopic (exact) mass is 170 g/mol. The topological polar surface area (TPSA) is 18.5 Å². The van der Waals surface area contributed by atoms with Gasteiger partial charge in [-0.3, -0.25) is 0 Å². The Morgan fingerprint density at radius 1 is 1.58 bits per heavy atom. The zero-order valence-electron chi connectivity index (χ0n) is 8.22. The summed E-state index contributed by atoms with van der Waals surface area (Å²) in [7, 11) is 0. The van der Waals surface area contributed by atoms with E-state index in [0.29, 0.717) is 6.61 Å². The van der Waals surface area contributed by atoms with Gasteiger partial charge in [-0.05, 0) is 25.8 Å². The van der Waals surface area contributed by atoms with Crippen LogP contribution in [0.15, 0.2) is 11.8 Å². The molecule has 1 heterocycles. The normalized spacial score (nSPS) is 27.6. The molecule has 1 saturated heterocycles. The van der Waals surface area contributed by atoms with Crippen LogP contribution in [-0.4, -0.2) is 18.8 Å². The highest BCUT2D eigenvalue weighted by Gasteiger charge is 2.37. The van der Waals surface area contributed by atoms with Crippen molar-refractivity contribution in [1.29, 1.82) is 0 Å². The van der Waals surface area contributed by atoms with Crippen molar-refractivity contribution < 1.29 is 9.47 Å². The molecule has 12 heavy (non-hydrogen) atoms. The van der Waals surface area contributed by atoms with E-state index in [1.165, 1.54) is 5.57 Å². The second-order valence-electron chi connectivity index (χ2n) is 3.64. The van der Waals surface area contributed by atoms with Gasteiger partial charge in [-0.25, -0.2) is 0 Å². The largest absolute Gasteiger partial charge is 0.498 e. The molecular formula is C10H18O2. The lowest BCUT2D eigenvalue weighted by Crippen LogP contribution is -2.46. The van der Waals surface area contributed by atoms with E-state index < -0.39 is 0 Å². The van der Waals surface area contributed by atoms with E-state index in [2.05, 4.69) is 6.92 Å². The van der Waals surface area contributed by atoms with E-state index in [1.54, 1.807) is 6.26 Å². The van der Waals surface area contributed by atoms with Crippen molar-refractivity contribution in [2.24, 2.45) is 0 Å². The van der Waals surface area contributed by atoms with Gasteiger partial charge >= 0.3 is 0 Å². The van der Waals surface area contributed by atoms with Crippen molar-refractivity contribution >= 4 is 0 Å². The van der Waals surface area contributed by atoms with Gasteiger partial charge in [0.25, 0.3) is 0 Å². The Morgan fingerprint density at radius 3 is 2.58 bits per heavy atom. The molecule has 0 aromatic heterocycles. The highest BCUT2D eigenvalue weighted by atomic mass is 16.6. The summed E-state index contributed by atoms with van der Waals surface area (Å²) in [6.45, 7) is 7.80. The molecule has 0 bridgehead atoms. The number of hydrogen-bond acceptors (Lipinski definition) is 2. The quantitative estimate of drug-likeness (QED) is 0.603. The van der Waals surface area contributed by atoms with Crippen LogP contribution in [0.2, 0.25) is 0 Å². The van der Waals surface area contributed by atoms with Crippen LogP contribution in [0, 0.1) is 0 Å². The fraction of sp³-hybridized carbons (Fsp3) is 0.800. The lowest BCUT2D eigenvalue weighted by molar-refractivity contribution is -0.172. The first-order chi connectivity index (χ1) is 5.68. The average Bonchev–Trinajstić information content (AvgIpc) is 1.94. The summed E-state index contributed by atoms with van der Waals surface area (Å²) in [5.41, 5.74) is 1.23.